The summed E-state index contributed by atoms with van der Waals surface area (Å²) in [6, 6.07) is 0.0628. The molecule has 0 unspecified atom stereocenters. The highest BCUT2D eigenvalue weighted by molar-refractivity contribution is 7.17. The van der Waals surface area contributed by atoms with Crippen LogP contribution in [-0.4, -0.2) is 36.7 Å². The maximum atomic E-state index is 13.0. The number of alkyl halides is 3. The molecule has 1 fully saturated rings. The van der Waals surface area contributed by atoms with E-state index in [1.54, 1.807) is 11.8 Å². The second-order valence-corrected chi connectivity index (χ2v) is 5.69. The molecule has 0 amide bonds. The lowest BCUT2D eigenvalue weighted by molar-refractivity contribution is -0.141. The third-order valence-corrected chi connectivity index (χ3v) is 4.25. The van der Waals surface area contributed by atoms with Gasteiger partial charge in [0.25, 0.3) is 0 Å². The zero-order valence-electron chi connectivity index (χ0n) is 11.9. The molecule has 1 aromatic rings. The first-order valence-corrected chi connectivity index (χ1v) is 7.40. The van der Waals surface area contributed by atoms with Crippen LogP contribution in [-0.2, 0) is 10.9 Å². The minimum Gasteiger partial charge on any atom is -0.462 e. The summed E-state index contributed by atoms with van der Waals surface area (Å²) < 4.78 is 43.6. The number of hydrogen-bond donors (Lipinski definition) is 1. The zero-order valence-corrected chi connectivity index (χ0v) is 13.5. The van der Waals surface area contributed by atoms with Gasteiger partial charge in [-0.3, -0.25) is 0 Å². The normalized spacial score (nSPS) is 16.3. The van der Waals surface area contributed by atoms with E-state index in [1.807, 2.05) is 0 Å². The summed E-state index contributed by atoms with van der Waals surface area (Å²) in [6.07, 6.45) is -3.30. The molecule has 2 N–H and O–H groups in total. The van der Waals surface area contributed by atoms with Gasteiger partial charge in [0.2, 0.25) is 0 Å². The Hall–Kier alpha value is -1.06. The quantitative estimate of drug-likeness (QED) is 0.840. The standard InChI is InChI=1S/C12H16F3N3O2S.ClH/c1-2-20-10(19)8-9(12(13,14)15)17-11(21-8)18-5-3-7(16)4-6-18;/h7H,2-6,16H2,1H3;1H. The number of carbonyl (C=O) groups is 1. The van der Waals surface area contributed by atoms with Crippen molar-refractivity contribution in [3.05, 3.63) is 10.6 Å². The first-order valence-electron chi connectivity index (χ1n) is 6.58. The molecule has 0 aliphatic carbocycles. The first kappa shape index (κ1) is 19.0. The van der Waals surface area contributed by atoms with Crippen molar-refractivity contribution < 1.29 is 22.7 Å². The van der Waals surface area contributed by atoms with E-state index in [0.29, 0.717) is 25.9 Å². The summed E-state index contributed by atoms with van der Waals surface area (Å²) in [4.78, 5) is 16.5. The summed E-state index contributed by atoms with van der Waals surface area (Å²) in [5.74, 6) is -0.984. The highest BCUT2D eigenvalue weighted by Crippen LogP contribution is 2.38. The molecule has 2 heterocycles. The van der Waals surface area contributed by atoms with Crippen LogP contribution in [0.25, 0.3) is 0 Å². The number of thiazole rings is 1. The number of aromatic nitrogens is 1. The lowest BCUT2D eigenvalue weighted by atomic mass is 10.1. The molecule has 1 saturated heterocycles. The van der Waals surface area contributed by atoms with Crippen molar-refractivity contribution in [1.29, 1.82) is 0 Å². The van der Waals surface area contributed by atoms with Crippen LogP contribution in [0, 0.1) is 0 Å². The molecule has 0 radical (unpaired) electrons. The Kier molecular flexibility index (Phi) is 6.45. The Labute approximate surface area is 136 Å². The van der Waals surface area contributed by atoms with Crippen LogP contribution in [0.1, 0.15) is 35.1 Å². The molecule has 1 aliphatic heterocycles. The van der Waals surface area contributed by atoms with E-state index in [2.05, 4.69) is 9.72 Å². The van der Waals surface area contributed by atoms with Crippen LogP contribution < -0.4 is 10.6 Å². The summed E-state index contributed by atoms with van der Waals surface area (Å²) >= 11 is 0.722. The first-order chi connectivity index (χ1) is 9.82. The molecule has 10 heteroatoms. The van der Waals surface area contributed by atoms with Gasteiger partial charge in [0, 0.05) is 19.1 Å². The van der Waals surface area contributed by atoms with E-state index >= 15 is 0 Å². The van der Waals surface area contributed by atoms with Crippen LogP contribution in [0.15, 0.2) is 0 Å². The summed E-state index contributed by atoms with van der Waals surface area (Å²) in [5, 5.41) is 0.192. The number of hydrogen-bond acceptors (Lipinski definition) is 6. The Morgan fingerprint density at radius 1 is 1.45 bits per heavy atom. The molecule has 0 spiro atoms. The Bertz CT molecular complexity index is 516. The molecule has 0 atom stereocenters. The number of piperidine rings is 1. The van der Waals surface area contributed by atoms with Gasteiger partial charge in [-0.15, -0.1) is 12.4 Å². The molecular formula is C12H17ClF3N3O2S. The van der Waals surface area contributed by atoms with Gasteiger partial charge in [-0.2, -0.15) is 13.2 Å². The molecule has 0 bridgehead atoms. The van der Waals surface area contributed by atoms with Gasteiger partial charge in [0.1, 0.15) is 4.88 Å². The molecule has 2 rings (SSSR count). The van der Waals surface area contributed by atoms with Gasteiger partial charge in [0.05, 0.1) is 6.61 Å². The monoisotopic (exact) mass is 359 g/mol. The highest BCUT2D eigenvalue weighted by atomic mass is 35.5. The molecule has 0 aromatic carbocycles. The fourth-order valence-corrected chi connectivity index (χ4v) is 3.09. The van der Waals surface area contributed by atoms with Crippen molar-refractivity contribution in [3.8, 4) is 0 Å². The number of anilines is 1. The minimum atomic E-state index is -4.68. The lowest BCUT2D eigenvalue weighted by Crippen LogP contribution is -2.39. The van der Waals surface area contributed by atoms with E-state index < -0.39 is 22.7 Å². The van der Waals surface area contributed by atoms with Gasteiger partial charge in [0.15, 0.2) is 10.8 Å². The number of ether oxygens (including phenoxy) is 1. The van der Waals surface area contributed by atoms with Crippen LogP contribution in [0.2, 0.25) is 0 Å². The van der Waals surface area contributed by atoms with E-state index in [-0.39, 0.29) is 30.2 Å². The van der Waals surface area contributed by atoms with Gasteiger partial charge in [-0.05, 0) is 19.8 Å². The summed E-state index contributed by atoms with van der Waals surface area (Å²) in [6.45, 7) is 2.63. The van der Waals surface area contributed by atoms with Crippen LogP contribution in [0.4, 0.5) is 18.3 Å². The Morgan fingerprint density at radius 2 is 2.05 bits per heavy atom. The maximum Gasteiger partial charge on any atom is 0.435 e. The molecule has 0 saturated carbocycles. The molecule has 1 aliphatic rings. The minimum absolute atomic E-state index is 0. The molecular weight excluding hydrogens is 343 g/mol. The van der Waals surface area contributed by atoms with Crippen molar-refractivity contribution in [3.63, 3.8) is 0 Å². The number of rotatable bonds is 3. The second kappa shape index (κ2) is 7.47. The fourth-order valence-electron chi connectivity index (χ4n) is 2.06. The topological polar surface area (TPSA) is 68.5 Å². The van der Waals surface area contributed by atoms with Crippen molar-refractivity contribution in [1.82, 2.24) is 4.98 Å². The fraction of sp³-hybridized carbons (Fsp3) is 0.667. The average Bonchev–Trinajstić information content (AvgIpc) is 2.85. The number of carbonyl (C=O) groups excluding carboxylic acids is 1. The SMILES string of the molecule is CCOC(=O)c1sc(N2CCC(N)CC2)nc1C(F)(F)F.Cl. The maximum absolute atomic E-state index is 13.0. The van der Waals surface area contributed by atoms with Gasteiger partial charge < -0.3 is 15.4 Å². The number of halogens is 4. The van der Waals surface area contributed by atoms with E-state index in [4.69, 9.17) is 5.73 Å². The molecule has 126 valence electrons. The number of esters is 1. The van der Waals surface area contributed by atoms with Crippen LogP contribution >= 0.6 is 23.7 Å². The number of nitrogens with zero attached hydrogens (tertiary/aromatic N) is 2. The smallest absolute Gasteiger partial charge is 0.435 e. The van der Waals surface area contributed by atoms with Gasteiger partial charge >= 0.3 is 12.1 Å². The zero-order chi connectivity index (χ0) is 15.6. The molecule has 22 heavy (non-hydrogen) atoms. The lowest BCUT2D eigenvalue weighted by Gasteiger charge is -2.29. The third kappa shape index (κ3) is 4.23. The Morgan fingerprint density at radius 3 is 2.55 bits per heavy atom. The molecule has 1 aromatic heterocycles. The van der Waals surface area contributed by atoms with Crippen LogP contribution in [0.5, 0.6) is 0 Å². The van der Waals surface area contributed by atoms with Crippen LogP contribution in [0.3, 0.4) is 0 Å². The van der Waals surface area contributed by atoms with Crippen molar-refractivity contribution in [2.45, 2.75) is 32.0 Å². The highest BCUT2D eigenvalue weighted by Gasteiger charge is 2.41. The van der Waals surface area contributed by atoms with Gasteiger partial charge in [-0.25, -0.2) is 9.78 Å². The van der Waals surface area contributed by atoms with Crippen molar-refractivity contribution >= 4 is 34.8 Å². The second-order valence-electron chi connectivity index (χ2n) is 4.72. The van der Waals surface area contributed by atoms with Crippen molar-refractivity contribution in [2.75, 3.05) is 24.6 Å². The summed E-state index contributed by atoms with van der Waals surface area (Å²) in [5.41, 5.74) is 4.60. The van der Waals surface area contributed by atoms with E-state index in [0.717, 1.165) is 11.3 Å². The molecule has 5 nitrogen and oxygen atoms in total. The summed E-state index contributed by atoms with van der Waals surface area (Å²) in [7, 11) is 0. The predicted octanol–water partition coefficient (Wildman–Crippen LogP) is 2.69. The third-order valence-electron chi connectivity index (χ3n) is 3.16. The van der Waals surface area contributed by atoms with E-state index in [9.17, 15) is 18.0 Å². The average molecular weight is 360 g/mol. The predicted molar refractivity (Wildman–Crippen MR) is 79.7 cm³/mol. The van der Waals surface area contributed by atoms with Crippen molar-refractivity contribution in [2.24, 2.45) is 5.73 Å². The number of nitrogens with two attached hydrogens (primary N) is 1. The van der Waals surface area contributed by atoms with E-state index in [1.165, 1.54) is 0 Å². The van der Waals surface area contributed by atoms with Gasteiger partial charge in [-0.1, -0.05) is 11.3 Å². The Balaban J connectivity index is 0.00000242. The largest absolute Gasteiger partial charge is 0.462 e.